The Labute approximate surface area is 565 Å². The van der Waals surface area contributed by atoms with Gasteiger partial charge < -0.3 is 20.3 Å². The summed E-state index contributed by atoms with van der Waals surface area (Å²) in [5.74, 6) is -0.00282. The van der Waals surface area contributed by atoms with Crippen LogP contribution in [0.1, 0.15) is 489 Å². The van der Waals surface area contributed by atoms with Crippen molar-refractivity contribution in [2.24, 2.45) is 0 Å². The molecule has 0 aliphatic rings. The summed E-state index contributed by atoms with van der Waals surface area (Å²) in [4.78, 5) is 24.7. The van der Waals surface area contributed by atoms with Crippen molar-refractivity contribution >= 4 is 11.9 Å². The van der Waals surface area contributed by atoms with Gasteiger partial charge in [-0.3, -0.25) is 9.59 Å². The van der Waals surface area contributed by atoms with Crippen LogP contribution in [0.15, 0.2) is 12.2 Å². The Kier molecular flexibility index (Phi) is 78.8. The summed E-state index contributed by atoms with van der Waals surface area (Å²) in [5.41, 5.74) is 0. The van der Waals surface area contributed by atoms with Gasteiger partial charge in [0.2, 0.25) is 5.91 Å². The molecule has 6 heteroatoms. The summed E-state index contributed by atoms with van der Waals surface area (Å²) in [5, 5.41) is 23.5. The van der Waals surface area contributed by atoms with Crippen molar-refractivity contribution in [1.29, 1.82) is 0 Å². The Hall–Kier alpha value is -1.40. The molecule has 0 saturated heterocycles. The van der Waals surface area contributed by atoms with Crippen LogP contribution in [0.2, 0.25) is 0 Å². The third-order valence-electron chi connectivity index (χ3n) is 20.1. The molecule has 0 fully saturated rings. The first-order valence-corrected chi connectivity index (χ1v) is 41.9. The number of aliphatic hydroxyl groups is 2. The van der Waals surface area contributed by atoms with E-state index >= 15 is 0 Å². The van der Waals surface area contributed by atoms with Crippen LogP contribution in [0.4, 0.5) is 0 Å². The highest BCUT2D eigenvalue weighted by Crippen LogP contribution is 2.21. The summed E-state index contributed by atoms with van der Waals surface area (Å²) in [6, 6.07) is -0.538. The lowest BCUT2D eigenvalue weighted by Gasteiger charge is -2.22. The van der Waals surface area contributed by atoms with Gasteiger partial charge in [-0.05, 0) is 51.4 Å². The summed E-state index contributed by atoms with van der Waals surface area (Å²) in [6.45, 7) is 5.01. The standard InChI is InChI=1S/C84H165NO5/c1-3-5-7-9-11-13-15-17-19-21-23-41-44-48-52-56-60-64-68-72-76-82(87)81(80-86)85-83(88)77-73-69-65-61-57-53-49-45-42-39-37-35-33-31-29-27-25-24-26-28-30-32-34-36-38-40-43-47-51-55-59-63-67-71-75-79-90-84(89)78-74-70-66-62-58-54-50-46-22-20-18-16-14-12-10-8-6-4-2/h20,22,81-82,86-87H,3-19,21,23-80H2,1-2H3,(H,85,88)/b22-20-. The molecule has 2 atom stereocenters. The van der Waals surface area contributed by atoms with Crippen LogP contribution in [-0.2, 0) is 14.3 Å². The second-order valence-electron chi connectivity index (χ2n) is 29.2. The Morgan fingerprint density at radius 1 is 0.300 bits per heavy atom. The van der Waals surface area contributed by atoms with Gasteiger partial charge >= 0.3 is 5.97 Å². The maximum atomic E-state index is 12.6. The zero-order valence-electron chi connectivity index (χ0n) is 61.7. The van der Waals surface area contributed by atoms with E-state index in [4.69, 9.17) is 4.74 Å². The maximum Gasteiger partial charge on any atom is 0.305 e. The summed E-state index contributed by atoms with van der Waals surface area (Å²) in [7, 11) is 0. The predicted octanol–water partition coefficient (Wildman–Crippen LogP) is 27.8. The minimum absolute atomic E-state index is 0.0211. The number of carbonyl (C=O) groups is 2. The molecule has 0 bridgehead atoms. The molecule has 3 N–H and O–H groups in total. The Morgan fingerprint density at radius 3 is 0.789 bits per heavy atom. The number of esters is 1. The molecular formula is C84H165NO5. The highest BCUT2D eigenvalue weighted by Gasteiger charge is 2.20. The van der Waals surface area contributed by atoms with Crippen molar-refractivity contribution in [2.45, 2.75) is 501 Å². The Bertz CT molecular complexity index is 1370. The van der Waals surface area contributed by atoms with E-state index in [0.29, 0.717) is 25.9 Å². The largest absolute Gasteiger partial charge is 0.466 e. The molecule has 0 aromatic heterocycles. The molecule has 0 aliphatic carbocycles. The molecule has 0 spiro atoms. The average Bonchev–Trinajstić information content (AvgIpc) is 3.71. The number of nitrogens with one attached hydrogen (secondary N) is 1. The van der Waals surface area contributed by atoms with Crippen LogP contribution in [0.5, 0.6) is 0 Å². The highest BCUT2D eigenvalue weighted by molar-refractivity contribution is 5.76. The van der Waals surface area contributed by atoms with Gasteiger partial charge in [0.25, 0.3) is 0 Å². The second-order valence-corrected chi connectivity index (χ2v) is 29.2. The Balaban J connectivity index is 3.30. The van der Waals surface area contributed by atoms with Gasteiger partial charge in [-0.2, -0.15) is 0 Å². The smallest absolute Gasteiger partial charge is 0.305 e. The van der Waals surface area contributed by atoms with Crippen molar-refractivity contribution in [3.05, 3.63) is 12.2 Å². The van der Waals surface area contributed by atoms with Gasteiger partial charge in [0.1, 0.15) is 0 Å². The zero-order chi connectivity index (χ0) is 64.9. The number of carbonyl (C=O) groups excluding carboxylic acids is 2. The lowest BCUT2D eigenvalue weighted by Crippen LogP contribution is -2.45. The molecule has 90 heavy (non-hydrogen) atoms. The normalized spacial score (nSPS) is 12.4. The number of rotatable bonds is 80. The molecule has 0 saturated carbocycles. The third-order valence-corrected chi connectivity index (χ3v) is 20.1. The fourth-order valence-electron chi connectivity index (χ4n) is 13.7. The van der Waals surface area contributed by atoms with E-state index in [1.807, 2.05) is 0 Å². The summed E-state index contributed by atoms with van der Waals surface area (Å²) < 4.78 is 5.52. The molecule has 0 heterocycles. The van der Waals surface area contributed by atoms with Crippen molar-refractivity contribution in [3.63, 3.8) is 0 Å². The number of amides is 1. The van der Waals surface area contributed by atoms with Crippen molar-refractivity contribution in [2.75, 3.05) is 13.2 Å². The van der Waals surface area contributed by atoms with Crippen LogP contribution in [0, 0.1) is 0 Å². The molecule has 0 aromatic rings. The third kappa shape index (κ3) is 75.6. The van der Waals surface area contributed by atoms with Gasteiger partial charge in [0.15, 0.2) is 0 Å². The fourth-order valence-corrected chi connectivity index (χ4v) is 13.7. The van der Waals surface area contributed by atoms with Gasteiger partial charge in [-0.25, -0.2) is 0 Å². The number of unbranched alkanes of at least 4 members (excludes halogenated alkanes) is 67. The van der Waals surface area contributed by atoms with E-state index in [1.54, 1.807) is 0 Å². The monoisotopic (exact) mass is 1270 g/mol. The van der Waals surface area contributed by atoms with Gasteiger partial charge in [0, 0.05) is 12.8 Å². The quantitative estimate of drug-likeness (QED) is 0.0320. The Morgan fingerprint density at radius 2 is 0.522 bits per heavy atom. The molecular weight excluding hydrogens is 1100 g/mol. The molecule has 0 rings (SSSR count). The minimum atomic E-state index is -0.661. The minimum Gasteiger partial charge on any atom is -0.466 e. The van der Waals surface area contributed by atoms with E-state index in [0.717, 1.165) is 38.5 Å². The molecule has 536 valence electrons. The van der Waals surface area contributed by atoms with E-state index in [9.17, 15) is 19.8 Å². The lowest BCUT2D eigenvalue weighted by molar-refractivity contribution is -0.143. The fraction of sp³-hybridized carbons (Fsp3) is 0.952. The molecule has 1 amide bonds. The number of ether oxygens (including phenoxy) is 1. The number of allylic oxidation sites excluding steroid dienone is 2. The van der Waals surface area contributed by atoms with Gasteiger partial charge in [-0.1, -0.05) is 437 Å². The first kappa shape index (κ1) is 88.6. The van der Waals surface area contributed by atoms with Crippen LogP contribution in [0.25, 0.3) is 0 Å². The maximum absolute atomic E-state index is 12.6. The van der Waals surface area contributed by atoms with E-state index < -0.39 is 12.1 Å². The average molecular weight is 1270 g/mol. The van der Waals surface area contributed by atoms with Crippen LogP contribution >= 0.6 is 0 Å². The topological polar surface area (TPSA) is 95.9 Å². The molecule has 6 nitrogen and oxygen atoms in total. The number of aliphatic hydroxyl groups excluding tert-OH is 2. The van der Waals surface area contributed by atoms with Crippen molar-refractivity contribution in [1.82, 2.24) is 5.32 Å². The van der Waals surface area contributed by atoms with E-state index in [1.165, 1.54) is 417 Å². The van der Waals surface area contributed by atoms with Crippen molar-refractivity contribution < 1.29 is 24.5 Å². The van der Waals surface area contributed by atoms with Crippen LogP contribution in [0.3, 0.4) is 0 Å². The molecule has 0 radical (unpaired) electrons. The molecule has 0 aliphatic heterocycles. The number of hydrogen-bond donors (Lipinski definition) is 3. The number of hydrogen-bond acceptors (Lipinski definition) is 5. The highest BCUT2D eigenvalue weighted by atomic mass is 16.5. The van der Waals surface area contributed by atoms with E-state index in [2.05, 4.69) is 31.3 Å². The second kappa shape index (κ2) is 80.0. The first-order chi connectivity index (χ1) is 44.5. The van der Waals surface area contributed by atoms with Gasteiger partial charge in [-0.15, -0.1) is 0 Å². The van der Waals surface area contributed by atoms with Crippen molar-refractivity contribution in [3.8, 4) is 0 Å². The summed E-state index contributed by atoms with van der Waals surface area (Å²) >= 11 is 0. The van der Waals surface area contributed by atoms with Crippen LogP contribution < -0.4 is 5.32 Å². The SMILES string of the molecule is CCCCCCCCC/C=C\CCCCCCCCCC(=O)OCCCCCCCCCCCCCCCCCCCCCCCCCCCCCCCCCCCCCC(=O)NC(CO)C(O)CCCCCCCCCCCCCCCCCCCCCC. The lowest BCUT2D eigenvalue weighted by atomic mass is 10.0. The van der Waals surface area contributed by atoms with Crippen LogP contribution in [-0.4, -0.2) is 47.4 Å². The van der Waals surface area contributed by atoms with Gasteiger partial charge in [0.05, 0.1) is 25.4 Å². The molecule has 2 unspecified atom stereocenters. The summed E-state index contributed by atoms with van der Waals surface area (Å²) in [6.07, 6.45) is 102. The molecule has 0 aromatic carbocycles. The van der Waals surface area contributed by atoms with E-state index in [-0.39, 0.29) is 18.5 Å². The zero-order valence-corrected chi connectivity index (χ0v) is 61.7. The predicted molar refractivity (Wildman–Crippen MR) is 398 cm³/mol. The first-order valence-electron chi connectivity index (χ1n) is 41.9.